The van der Waals surface area contributed by atoms with Gasteiger partial charge in [-0.3, -0.25) is 4.79 Å². The minimum atomic E-state index is -0.273. The third-order valence-corrected chi connectivity index (χ3v) is 3.56. The predicted molar refractivity (Wildman–Crippen MR) is 64.9 cm³/mol. The fourth-order valence-corrected chi connectivity index (χ4v) is 1.79. The van der Waals surface area contributed by atoms with Crippen molar-refractivity contribution >= 4 is 33.3 Å². The molecule has 15 heavy (non-hydrogen) atoms. The molecule has 0 saturated heterocycles. The summed E-state index contributed by atoms with van der Waals surface area (Å²) < 4.78 is 5.15. The third-order valence-electron chi connectivity index (χ3n) is 2.10. The lowest BCUT2D eigenvalue weighted by atomic mass is 10.1. The second-order valence-corrected chi connectivity index (χ2v) is 4.36. The molecule has 82 valence electrons. The van der Waals surface area contributed by atoms with E-state index < -0.39 is 0 Å². The molecule has 2 nitrogen and oxygen atoms in total. The molecule has 1 rings (SSSR count). The second-order valence-electron chi connectivity index (χ2n) is 3.18. The zero-order valence-corrected chi connectivity index (χ0v) is 10.9. The number of carbonyl (C=O) groups excluding carboxylic acids is 1. The van der Waals surface area contributed by atoms with Gasteiger partial charge in [-0.15, -0.1) is 11.6 Å². The van der Waals surface area contributed by atoms with Crippen molar-refractivity contribution < 1.29 is 9.53 Å². The molecule has 0 aliphatic heterocycles. The Morgan fingerprint density at radius 3 is 2.73 bits per heavy atom. The summed E-state index contributed by atoms with van der Waals surface area (Å²) in [6.45, 7) is 1.55. The first-order valence-electron chi connectivity index (χ1n) is 4.47. The Bertz CT molecular complexity index is 366. The van der Waals surface area contributed by atoms with E-state index in [0.29, 0.717) is 5.88 Å². The van der Waals surface area contributed by atoms with E-state index in [1.54, 1.807) is 14.0 Å². The standard InChI is InChI=1S/C11H12BrClO2/c1-7(14)11(12)8-3-4-10(15-2)9(5-8)6-13/h3-5,11H,6H2,1-2H3. The molecule has 0 aliphatic carbocycles. The highest BCUT2D eigenvalue weighted by Crippen LogP contribution is 2.29. The van der Waals surface area contributed by atoms with Crippen molar-refractivity contribution in [1.82, 2.24) is 0 Å². The van der Waals surface area contributed by atoms with Gasteiger partial charge in [0.1, 0.15) is 11.5 Å². The number of rotatable bonds is 4. The van der Waals surface area contributed by atoms with Crippen LogP contribution in [-0.2, 0) is 10.7 Å². The maximum atomic E-state index is 11.2. The van der Waals surface area contributed by atoms with Gasteiger partial charge in [0.2, 0.25) is 0 Å². The lowest BCUT2D eigenvalue weighted by Crippen LogP contribution is -2.02. The largest absolute Gasteiger partial charge is 0.496 e. The van der Waals surface area contributed by atoms with Crippen molar-refractivity contribution in [2.75, 3.05) is 7.11 Å². The highest BCUT2D eigenvalue weighted by molar-refractivity contribution is 9.09. The normalized spacial score (nSPS) is 12.3. The highest BCUT2D eigenvalue weighted by Gasteiger charge is 2.14. The van der Waals surface area contributed by atoms with E-state index in [0.717, 1.165) is 16.9 Å². The summed E-state index contributed by atoms with van der Waals surface area (Å²) >= 11 is 9.11. The first kappa shape index (κ1) is 12.5. The minimum Gasteiger partial charge on any atom is -0.496 e. The molecule has 0 saturated carbocycles. The molecule has 1 atom stereocenters. The second kappa shape index (κ2) is 5.52. The number of ether oxygens (including phenoxy) is 1. The molecule has 1 aromatic carbocycles. The van der Waals surface area contributed by atoms with Crippen LogP contribution in [0.2, 0.25) is 0 Å². The summed E-state index contributed by atoms with van der Waals surface area (Å²) in [6.07, 6.45) is 0. The van der Waals surface area contributed by atoms with Crippen LogP contribution in [0.1, 0.15) is 22.9 Å². The van der Waals surface area contributed by atoms with Crippen LogP contribution in [0.25, 0.3) is 0 Å². The van der Waals surface area contributed by atoms with Gasteiger partial charge in [0, 0.05) is 5.56 Å². The van der Waals surface area contributed by atoms with Crippen LogP contribution >= 0.6 is 27.5 Å². The van der Waals surface area contributed by atoms with Crippen LogP contribution in [0.5, 0.6) is 5.75 Å². The van der Waals surface area contributed by atoms with Crippen LogP contribution in [0.3, 0.4) is 0 Å². The van der Waals surface area contributed by atoms with E-state index >= 15 is 0 Å². The number of hydrogen-bond donors (Lipinski definition) is 0. The SMILES string of the molecule is COc1ccc(C(Br)C(C)=O)cc1CCl. The van der Waals surface area contributed by atoms with Gasteiger partial charge >= 0.3 is 0 Å². The van der Waals surface area contributed by atoms with Gasteiger partial charge in [0.15, 0.2) is 0 Å². The van der Waals surface area contributed by atoms with Crippen molar-refractivity contribution in [1.29, 1.82) is 0 Å². The molecular weight excluding hydrogens is 279 g/mol. The van der Waals surface area contributed by atoms with Gasteiger partial charge < -0.3 is 4.74 Å². The van der Waals surface area contributed by atoms with Crippen LogP contribution in [0, 0.1) is 0 Å². The van der Waals surface area contributed by atoms with E-state index in [4.69, 9.17) is 16.3 Å². The maximum Gasteiger partial charge on any atom is 0.147 e. The van der Waals surface area contributed by atoms with Crippen molar-refractivity contribution in [2.45, 2.75) is 17.6 Å². The highest BCUT2D eigenvalue weighted by atomic mass is 79.9. The molecule has 4 heteroatoms. The summed E-state index contributed by atoms with van der Waals surface area (Å²) in [5.41, 5.74) is 1.79. The number of Topliss-reactive ketones (excluding diaryl/α,β-unsaturated/α-hetero) is 1. The Balaban J connectivity index is 3.07. The summed E-state index contributed by atoms with van der Waals surface area (Å²) in [5.74, 6) is 1.19. The average molecular weight is 292 g/mol. The van der Waals surface area contributed by atoms with Crippen LogP contribution in [0.4, 0.5) is 0 Å². The molecule has 0 heterocycles. The minimum absolute atomic E-state index is 0.0701. The zero-order chi connectivity index (χ0) is 11.4. The summed E-state index contributed by atoms with van der Waals surface area (Å²) in [6, 6.07) is 5.56. The van der Waals surface area contributed by atoms with Gasteiger partial charge in [0.05, 0.1) is 17.8 Å². The molecule has 0 aromatic heterocycles. The summed E-state index contributed by atoms with van der Waals surface area (Å²) in [4.78, 5) is 10.9. The smallest absolute Gasteiger partial charge is 0.147 e. The van der Waals surface area contributed by atoms with E-state index in [2.05, 4.69) is 15.9 Å². The molecule has 0 amide bonds. The Morgan fingerprint density at radius 2 is 2.27 bits per heavy atom. The lowest BCUT2D eigenvalue weighted by Gasteiger charge is -2.11. The average Bonchev–Trinajstić information content (AvgIpc) is 2.26. The predicted octanol–water partition coefficient (Wildman–Crippen LogP) is 3.46. The summed E-state index contributed by atoms with van der Waals surface area (Å²) in [5, 5.41) is 0. The van der Waals surface area contributed by atoms with Crippen molar-refractivity contribution in [3.8, 4) is 5.75 Å². The van der Waals surface area contributed by atoms with Crippen molar-refractivity contribution in [3.05, 3.63) is 29.3 Å². The van der Waals surface area contributed by atoms with Crippen LogP contribution in [0.15, 0.2) is 18.2 Å². The number of halogens is 2. The topological polar surface area (TPSA) is 26.3 Å². The molecular formula is C11H12BrClO2. The monoisotopic (exact) mass is 290 g/mol. The summed E-state index contributed by atoms with van der Waals surface area (Å²) in [7, 11) is 1.60. The Kier molecular flexibility index (Phi) is 4.61. The van der Waals surface area contributed by atoms with Gasteiger partial charge in [-0.05, 0) is 24.6 Å². The molecule has 1 aromatic rings. The molecule has 0 spiro atoms. The number of benzene rings is 1. The molecule has 0 bridgehead atoms. The van der Waals surface area contributed by atoms with Crippen molar-refractivity contribution in [2.24, 2.45) is 0 Å². The van der Waals surface area contributed by atoms with E-state index in [-0.39, 0.29) is 10.6 Å². The number of alkyl halides is 2. The maximum absolute atomic E-state index is 11.2. The van der Waals surface area contributed by atoms with E-state index in [1.807, 2.05) is 18.2 Å². The molecule has 0 radical (unpaired) electrons. The third kappa shape index (κ3) is 2.95. The molecule has 0 fully saturated rings. The molecule has 0 aliphatic rings. The zero-order valence-electron chi connectivity index (χ0n) is 8.59. The number of methoxy groups -OCH3 is 1. The van der Waals surface area contributed by atoms with Gasteiger partial charge in [-0.25, -0.2) is 0 Å². The Hall–Kier alpha value is -0.540. The van der Waals surface area contributed by atoms with E-state index in [1.165, 1.54) is 0 Å². The number of carbonyl (C=O) groups is 1. The lowest BCUT2D eigenvalue weighted by molar-refractivity contribution is -0.116. The Morgan fingerprint density at radius 1 is 1.60 bits per heavy atom. The first-order valence-corrected chi connectivity index (χ1v) is 5.92. The van der Waals surface area contributed by atoms with Gasteiger partial charge in [-0.2, -0.15) is 0 Å². The van der Waals surface area contributed by atoms with Gasteiger partial charge in [0.25, 0.3) is 0 Å². The first-order chi connectivity index (χ1) is 7.10. The van der Waals surface area contributed by atoms with Gasteiger partial charge in [-0.1, -0.05) is 22.0 Å². The fraction of sp³-hybridized carbons (Fsp3) is 0.364. The Labute approximate surface area is 103 Å². The van der Waals surface area contributed by atoms with E-state index in [9.17, 15) is 4.79 Å². The molecule has 0 N–H and O–H groups in total. The fourth-order valence-electron chi connectivity index (χ4n) is 1.30. The quantitative estimate of drug-likeness (QED) is 0.794. The van der Waals surface area contributed by atoms with Crippen LogP contribution < -0.4 is 4.74 Å². The van der Waals surface area contributed by atoms with Crippen molar-refractivity contribution in [3.63, 3.8) is 0 Å². The van der Waals surface area contributed by atoms with Crippen LogP contribution in [-0.4, -0.2) is 12.9 Å². The number of ketones is 1. The molecule has 1 unspecified atom stereocenters. The number of hydrogen-bond acceptors (Lipinski definition) is 2.